The van der Waals surface area contributed by atoms with Gasteiger partial charge in [0, 0.05) is 24.9 Å². The summed E-state index contributed by atoms with van der Waals surface area (Å²) in [4.78, 5) is 13.4. The van der Waals surface area contributed by atoms with E-state index >= 15 is 0 Å². The summed E-state index contributed by atoms with van der Waals surface area (Å²) in [5.41, 5.74) is -0.537. The molecule has 25 heavy (non-hydrogen) atoms. The van der Waals surface area contributed by atoms with Crippen LogP contribution in [0.1, 0.15) is 12.0 Å². The number of aliphatic hydroxyl groups excluding tert-OH is 1. The van der Waals surface area contributed by atoms with Crippen LogP contribution < -0.4 is 9.46 Å². The number of pyridine rings is 1. The van der Waals surface area contributed by atoms with Gasteiger partial charge in [-0.1, -0.05) is 12.1 Å². The standard InChI is InChI=1S/C14H15N3O7S/c18-14(19)11-9-10(5-6-15-11)24-8-7-16-25(22,23)13-4-2-1-3-12(13)17(20)21/h1-6,9,14,16,18-19H,7-8H2. The lowest BCUT2D eigenvalue weighted by atomic mass is 10.3. The van der Waals surface area contributed by atoms with Gasteiger partial charge in [0.25, 0.3) is 5.69 Å². The van der Waals surface area contributed by atoms with Gasteiger partial charge in [-0.05, 0) is 12.1 Å². The van der Waals surface area contributed by atoms with Crippen molar-refractivity contribution in [2.75, 3.05) is 13.2 Å². The summed E-state index contributed by atoms with van der Waals surface area (Å²) in [5, 5.41) is 28.9. The smallest absolute Gasteiger partial charge is 0.289 e. The molecule has 134 valence electrons. The predicted molar refractivity (Wildman–Crippen MR) is 85.2 cm³/mol. The second kappa shape index (κ2) is 7.98. The molecule has 0 fully saturated rings. The van der Waals surface area contributed by atoms with Gasteiger partial charge >= 0.3 is 0 Å². The van der Waals surface area contributed by atoms with Gasteiger partial charge in [0.2, 0.25) is 10.0 Å². The molecule has 0 radical (unpaired) electrons. The van der Waals surface area contributed by atoms with Crippen LogP contribution in [0.3, 0.4) is 0 Å². The molecule has 0 spiro atoms. The number of aliphatic hydroxyl groups is 2. The molecule has 0 aliphatic carbocycles. The number of rotatable bonds is 8. The molecule has 10 nitrogen and oxygen atoms in total. The Morgan fingerprint density at radius 1 is 1.28 bits per heavy atom. The molecule has 0 saturated heterocycles. The van der Waals surface area contributed by atoms with Crippen LogP contribution in [0.15, 0.2) is 47.5 Å². The zero-order chi connectivity index (χ0) is 18.4. The van der Waals surface area contributed by atoms with Crippen LogP contribution in [0.4, 0.5) is 5.69 Å². The number of hydrogen-bond acceptors (Lipinski definition) is 8. The second-order valence-electron chi connectivity index (χ2n) is 4.76. The van der Waals surface area contributed by atoms with E-state index < -0.39 is 31.8 Å². The monoisotopic (exact) mass is 369 g/mol. The maximum absolute atomic E-state index is 12.2. The number of aromatic nitrogens is 1. The van der Waals surface area contributed by atoms with Gasteiger partial charge in [0.1, 0.15) is 12.4 Å². The molecule has 1 heterocycles. The van der Waals surface area contributed by atoms with Gasteiger partial charge < -0.3 is 14.9 Å². The summed E-state index contributed by atoms with van der Waals surface area (Å²) >= 11 is 0. The lowest BCUT2D eigenvalue weighted by molar-refractivity contribution is -0.387. The minimum atomic E-state index is -4.08. The molecule has 1 aromatic heterocycles. The van der Waals surface area contributed by atoms with E-state index in [1.807, 2.05) is 0 Å². The van der Waals surface area contributed by atoms with Crippen molar-refractivity contribution in [1.29, 1.82) is 0 Å². The molecule has 0 bridgehead atoms. The van der Waals surface area contributed by atoms with E-state index in [0.717, 1.165) is 12.1 Å². The van der Waals surface area contributed by atoms with Crippen LogP contribution >= 0.6 is 0 Å². The predicted octanol–water partition coefficient (Wildman–Crippen LogP) is 0.330. The van der Waals surface area contributed by atoms with Crippen molar-refractivity contribution in [2.45, 2.75) is 11.2 Å². The molecule has 0 aliphatic rings. The van der Waals surface area contributed by atoms with E-state index in [2.05, 4.69) is 9.71 Å². The number of benzene rings is 1. The Hall–Kier alpha value is -2.60. The van der Waals surface area contributed by atoms with E-state index in [1.54, 1.807) is 0 Å². The molecule has 0 atom stereocenters. The third kappa shape index (κ3) is 4.93. The minimum Gasteiger partial charge on any atom is -0.492 e. The molecule has 0 unspecified atom stereocenters. The first kappa shape index (κ1) is 18.7. The zero-order valence-corrected chi connectivity index (χ0v) is 13.6. The van der Waals surface area contributed by atoms with Gasteiger partial charge in [-0.15, -0.1) is 0 Å². The Bertz CT molecular complexity index is 855. The summed E-state index contributed by atoms with van der Waals surface area (Å²) in [7, 11) is -4.08. The van der Waals surface area contributed by atoms with Crippen molar-refractivity contribution < 1.29 is 28.3 Å². The summed E-state index contributed by atoms with van der Waals surface area (Å²) < 4.78 is 31.8. The fourth-order valence-electron chi connectivity index (χ4n) is 1.92. The van der Waals surface area contributed by atoms with Gasteiger partial charge in [-0.2, -0.15) is 0 Å². The highest BCUT2D eigenvalue weighted by molar-refractivity contribution is 7.89. The van der Waals surface area contributed by atoms with Gasteiger partial charge in [0.05, 0.1) is 10.6 Å². The number of ether oxygens (including phenoxy) is 1. The zero-order valence-electron chi connectivity index (χ0n) is 12.8. The summed E-state index contributed by atoms with van der Waals surface area (Å²) in [5.74, 6) is 0.267. The number of nitrogens with one attached hydrogen (secondary N) is 1. The topological polar surface area (TPSA) is 152 Å². The molecule has 1 aromatic carbocycles. The van der Waals surface area contributed by atoms with Gasteiger partial charge in [-0.3, -0.25) is 15.1 Å². The molecular formula is C14H15N3O7S. The lowest BCUT2D eigenvalue weighted by Gasteiger charge is -2.10. The fraction of sp³-hybridized carbons (Fsp3) is 0.214. The SMILES string of the molecule is O=[N+]([O-])c1ccccc1S(=O)(=O)NCCOc1ccnc(C(O)O)c1. The molecule has 2 rings (SSSR count). The van der Waals surface area contributed by atoms with Crippen LogP contribution in [0.5, 0.6) is 5.75 Å². The third-order valence-electron chi connectivity index (χ3n) is 3.03. The first-order valence-corrected chi connectivity index (χ1v) is 8.47. The lowest BCUT2D eigenvalue weighted by Crippen LogP contribution is -2.28. The highest BCUT2D eigenvalue weighted by Crippen LogP contribution is 2.22. The largest absolute Gasteiger partial charge is 0.492 e. The van der Waals surface area contributed by atoms with Crippen molar-refractivity contribution >= 4 is 15.7 Å². The Morgan fingerprint density at radius 3 is 2.68 bits per heavy atom. The van der Waals surface area contributed by atoms with Crippen molar-refractivity contribution in [2.24, 2.45) is 0 Å². The minimum absolute atomic E-state index is 0.0157. The number of nitro groups is 1. The number of sulfonamides is 1. The molecule has 0 amide bonds. The summed E-state index contributed by atoms with van der Waals surface area (Å²) in [6, 6.07) is 7.75. The maximum Gasteiger partial charge on any atom is 0.289 e. The van der Waals surface area contributed by atoms with Crippen molar-refractivity contribution in [3.8, 4) is 5.75 Å². The molecule has 2 aromatic rings. The van der Waals surface area contributed by atoms with E-state index in [0.29, 0.717) is 0 Å². The average molecular weight is 369 g/mol. The number of hydrogen-bond donors (Lipinski definition) is 3. The van der Waals surface area contributed by atoms with Crippen molar-refractivity contribution in [1.82, 2.24) is 9.71 Å². The molecule has 0 saturated carbocycles. The van der Waals surface area contributed by atoms with Crippen LogP contribution in [0.25, 0.3) is 0 Å². The Morgan fingerprint density at radius 2 is 2.00 bits per heavy atom. The molecule has 0 aliphatic heterocycles. The van der Waals surface area contributed by atoms with E-state index in [9.17, 15) is 18.5 Å². The number of nitro benzene ring substituents is 1. The van der Waals surface area contributed by atoms with Gasteiger partial charge in [0.15, 0.2) is 11.2 Å². The third-order valence-corrected chi connectivity index (χ3v) is 4.54. The normalized spacial score (nSPS) is 11.5. The van der Waals surface area contributed by atoms with Crippen LogP contribution in [-0.2, 0) is 10.0 Å². The van der Waals surface area contributed by atoms with Crippen LogP contribution in [0, 0.1) is 10.1 Å². The first-order valence-electron chi connectivity index (χ1n) is 6.99. The maximum atomic E-state index is 12.2. The average Bonchev–Trinajstić information content (AvgIpc) is 2.59. The summed E-state index contributed by atoms with van der Waals surface area (Å²) in [6.45, 7) is -0.224. The molecule has 11 heteroatoms. The number of para-hydroxylation sites is 1. The highest BCUT2D eigenvalue weighted by atomic mass is 32.2. The Balaban J connectivity index is 1.97. The summed E-state index contributed by atoms with van der Waals surface area (Å²) in [6.07, 6.45) is -0.442. The second-order valence-corrected chi connectivity index (χ2v) is 6.50. The van der Waals surface area contributed by atoms with Gasteiger partial charge in [-0.25, -0.2) is 13.1 Å². The van der Waals surface area contributed by atoms with Crippen LogP contribution in [0.2, 0.25) is 0 Å². The molecular weight excluding hydrogens is 354 g/mol. The Kier molecular flexibility index (Phi) is 5.98. The quantitative estimate of drug-likeness (QED) is 0.260. The van der Waals surface area contributed by atoms with Crippen molar-refractivity contribution in [3.63, 3.8) is 0 Å². The van der Waals surface area contributed by atoms with Crippen LogP contribution in [-0.4, -0.2) is 41.7 Å². The van der Waals surface area contributed by atoms with E-state index in [-0.39, 0.29) is 24.6 Å². The first-order chi connectivity index (χ1) is 11.8. The fourth-order valence-corrected chi connectivity index (χ4v) is 3.10. The van der Waals surface area contributed by atoms with E-state index in [1.165, 1.54) is 30.5 Å². The number of nitrogens with zero attached hydrogens (tertiary/aromatic N) is 2. The van der Waals surface area contributed by atoms with Crippen molar-refractivity contribution in [3.05, 3.63) is 58.4 Å². The Labute approximate surface area is 142 Å². The van der Waals surface area contributed by atoms with E-state index in [4.69, 9.17) is 14.9 Å². The highest BCUT2D eigenvalue weighted by Gasteiger charge is 2.24. The molecule has 3 N–H and O–H groups in total.